The molecule has 0 spiro atoms. The monoisotopic (exact) mass is 300 g/mol. The number of rotatable bonds is 3. The molecule has 0 aromatic heterocycles. The lowest BCUT2D eigenvalue weighted by atomic mass is 10.0. The van der Waals surface area contributed by atoms with Gasteiger partial charge >= 0.3 is 0 Å². The quantitative estimate of drug-likeness (QED) is 0.816. The molecule has 0 heterocycles. The van der Waals surface area contributed by atoms with E-state index >= 15 is 0 Å². The van der Waals surface area contributed by atoms with Crippen molar-refractivity contribution in [3.63, 3.8) is 0 Å². The molecule has 2 rings (SSSR count). The van der Waals surface area contributed by atoms with Crippen molar-refractivity contribution in [2.45, 2.75) is 5.25 Å². The lowest BCUT2D eigenvalue weighted by molar-refractivity contribution is 0.441. The van der Waals surface area contributed by atoms with Gasteiger partial charge in [-0.15, -0.1) is 0 Å². The van der Waals surface area contributed by atoms with Crippen LogP contribution in [0.4, 0.5) is 13.2 Å². The fraction of sp³-hybridized carbons (Fsp3) is 0.143. The van der Waals surface area contributed by atoms with E-state index in [2.05, 4.69) is 0 Å². The second-order valence-corrected chi connectivity index (χ2v) is 6.52. The topological polar surface area (TPSA) is 34.1 Å². The van der Waals surface area contributed by atoms with Crippen LogP contribution in [0, 0.1) is 17.5 Å². The molecular formula is C14H11F3O2S. The van der Waals surface area contributed by atoms with E-state index in [0.717, 1.165) is 18.4 Å². The number of sulfone groups is 1. The van der Waals surface area contributed by atoms with E-state index in [1.165, 1.54) is 12.1 Å². The average molecular weight is 300 g/mol. The largest absolute Gasteiger partial charge is 0.228 e. The Bertz CT molecular complexity index is 728. The molecule has 0 bridgehead atoms. The molecule has 1 atom stereocenters. The van der Waals surface area contributed by atoms with Crippen LogP contribution in [0.5, 0.6) is 0 Å². The summed E-state index contributed by atoms with van der Waals surface area (Å²) >= 11 is 0. The van der Waals surface area contributed by atoms with E-state index in [0.29, 0.717) is 5.56 Å². The fourth-order valence-corrected chi connectivity index (χ4v) is 3.32. The highest BCUT2D eigenvalue weighted by Crippen LogP contribution is 2.32. The summed E-state index contributed by atoms with van der Waals surface area (Å²) in [6.07, 6.45) is 0.922. The molecule has 0 saturated carbocycles. The Balaban J connectivity index is 2.69. The predicted molar refractivity (Wildman–Crippen MR) is 69.4 cm³/mol. The summed E-state index contributed by atoms with van der Waals surface area (Å²) in [6, 6.07) is 9.50. The highest BCUT2D eigenvalue weighted by atomic mass is 32.2. The second-order valence-electron chi connectivity index (χ2n) is 4.38. The lowest BCUT2D eigenvalue weighted by Gasteiger charge is -2.17. The van der Waals surface area contributed by atoms with Crippen LogP contribution in [0.15, 0.2) is 42.5 Å². The first-order chi connectivity index (χ1) is 9.32. The Hall–Kier alpha value is -1.82. The van der Waals surface area contributed by atoms with Gasteiger partial charge in [-0.3, -0.25) is 0 Å². The van der Waals surface area contributed by atoms with Crippen molar-refractivity contribution in [1.82, 2.24) is 0 Å². The molecule has 2 aromatic carbocycles. The van der Waals surface area contributed by atoms with E-state index in [9.17, 15) is 21.6 Å². The summed E-state index contributed by atoms with van der Waals surface area (Å²) in [6.45, 7) is 0. The zero-order chi connectivity index (χ0) is 14.9. The minimum atomic E-state index is -3.75. The standard InChI is InChI=1S/C14H11F3O2S/c1-20(18,19)14(9-5-3-2-4-6-9)10-7-8-11(15)13(17)12(10)16/h2-8,14H,1H3. The summed E-state index contributed by atoms with van der Waals surface area (Å²) in [7, 11) is -3.75. The van der Waals surface area contributed by atoms with E-state index in [4.69, 9.17) is 0 Å². The summed E-state index contributed by atoms with van der Waals surface area (Å²) in [5, 5.41) is -1.38. The third-order valence-electron chi connectivity index (χ3n) is 2.88. The van der Waals surface area contributed by atoms with Crippen LogP contribution in [0.25, 0.3) is 0 Å². The summed E-state index contributed by atoms with van der Waals surface area (Å²) < 4.78 is 63.9. The molecule has 2 nitrogen and oxygen atoms in total. The molecule has 20 heavy (non-hydrogen) atoms. The van der Waals surface area contributed by atoms with Gasteiger partial charge in [0, 0.05) is 11.8 Å². The highest BCUT2D eigenvalue weighted by molar-refractivity contribution is 7.91. The molecular weight excluding hydrogens is 289 g/mol. The van der Waals surface area contributed by atoms with Crippen LogP contribution in [0.1, 0.15) is 16.4 Å². The van der Waals surface area contributed by atoms with Gasteiger partial charge in [-0.25, -0.2) is 21.6 Å². The van der Waals surface area contributed by atoms with Crippen molar-refractivity contribution in [1.29, 1.82) is 0 Å². The van der Waals surface area contributed by atoms with E-state index in [-0.39, 0.29) is 0 Å². The molecule has 1 unspecified atom stereocenters. The third kappa shape index (κ3) is 2.70. The molecule has 0 aliphatic carbocycles. The zero-order valence-electron chi connectivity index (χ0n) is 10.5. The number of hydrogen-bond acceptors (Lipinski definition) is 2. The number of halogens is 3. The van der Waals surface area contributed by atoms with Gasteiger partial charge in [0.2, 0.25) is 0 Å². The van der Waals surface area contributed by atoms with Crippen molar-refractivity contribution in [3.8, 4) is 0 Å². The SMILES string of the molecule is CS(=O)(=O)C(c1ccccc1)c1ccc(F)c(F)c1F. The molecule has 106 valence electrons. The van der Waals surface area contributed by atoms with Gasteiger partial charge in [-0.2, -0.15) is 0 Å². The molecule has 0 N–H and O–H groups in total. The maximum absolute atomic E-state index is 13.8. The van der Waals surface area contributed by atoms with Gasteiger partial charge in [-0.1, -0.05) is 36.4 Å². The maximum Gasteiger partial charge on any atom is 0.194 e. The van der Waals surface area contributed by atoms with Crippen LogP contribution in [-0.2, 0) is 9.84 Å². The minimum Gasteiger partial charge on any atom is -0.228 e. The predicted octanol–water partition coefficient (Wildman–Crippen LogP) is 3.24. The van der Waals surface area contributed by atoms with Crippen molar-refractivity contribution < 1.29 is 21.6 Å². The van der Waals surface area contributed by atoms with Crippen molar-refractivity contribution in [2.75, 3.05) is 6.26 Å². The Morgan fingerprint density at radius 2 is 1.50 bits per heavy atom. The third-order valence-corrected chi connectivity index (χ3v) is 4.26. The zero-order valence-corrected chi connectivity index (χ0v) is 11.3. The van der Waals surface area contributed by atoms with Gasteiger partial charge < -0.3 is 0 Å². The van der Waals surface area contributed by atoms with Gasteiger partial charge in [0.1, 0.15) is 5.25 Å². The smallest absolute Gasteiger partial charge is 0.194 e. The van der Waals surface area contributed by atoms with Crippen LogP contribution in [0.2, 0.25) is 0 Å². The first kappa shape index (κ1) is 14.6. The molecule has 0 aliphatic heterocycles. The molecule has 0 saturated heterocycles. The summed E-state index contributed by atoms with van der Waals surface area (Å²) in [5.41, 5.74) is -0.113. The molecule has 0 amide bonds. The average Bonchev–Trinajstić information content (AvgIpc) is 2.39. The van der Waals surface area contributed by atoms with E-state index in [1.807, 2.05) is 0 Å². The Labute approximate surface area is 114 Å². The van der Waals surface area contributed by atoms with Gasteiger partial charge in [-0.05, 0) is 11.6 Å². The Morgan fingerprint density at radius 3 is 2.05 bits per heavy atom. The van der Waals surface area contributed by atoms with E-state index < -0.39 is 38.1 Å². The van der Waals surface area contributed by atoms with Crippen LogP contribution in [0.3, 0.4) is 0 Å². The Kier molecular flexibility index (Phi) is 3.85. The van der Waals surface area contributed by atoms with Gasteiger partial charge in [0.05, 0.1) is 0 Å². The van der Waals surface area contributed by atoms with Crippen molar-refractivity contribution >= 4 is 9.84 Å². The first-order valence-corrected chi connectivity index (χ1v) is 7.65. The summed E-state index contributed by atoms with van der Waals surface area (Å²) in [4.78, 5) is 0. The normalized spacial score (nSPS) is 13.2. The molecule has 0 radical (unpaired) electrons. The molecule has 2 aromatic rings. The van der Waals surface area contributed by atoms with Crippen molar-refractivity contribution in [3.05, 3.63) is 71.0 Å². The van der Waals surface area contributed by atoms with Crippen LogP contribution < -0.4 is 0 Å². The van der Waals surface area contributed by atoms with Crippen LogP contribution >= 0.6 is 0 Å². The van der Waals surface area contributed by atoms with Crippen molar-refractivity contribution in [2.24, 2.45) is 0 Å². The highest BCUT2D eigenvalue weighted by Gasteiger charge is 2.29. The molecule has 0 aliphatic rings. The fourth-order valence-electron chi connectivity index (χ4n) is 2.03. The van der Waals surface area contributed by atoms with Gasteiger partial charge in [0.25, 0.3) is 0 Å². The maximum atomic E-state index is 13.8. The first-order valence-electron chi connectivity index (χ1n) is 5.69. The number of hydrogen-bond donors (Lipinski definition) is 0. The lowest BCUT2D eigenvalue weighted by Crippen LogP contribution is -2.15. The molecule has 0 fully saturated rings. The number of benzene rings is 2. The van der Waals surface area contributed by atoms with Crippen LogP contribution in [-0.4, -0.2) is 14.7 Å². The molecule has 6 heteroatoms. The second kappa shape index (κ2) is 5.28. The van der Waals surface area contributed by atoms with Gasteiger partial charge in [0.15, 0.2) is 27.3 Å². The Morgan fingerprint density at radius 1 is 0.900 bits per heavy atom. The van der Waals surface area contributed by atoms with E-state index in [1.54, 1.807) is 18.2 Å². The summed E-state index contributed by atoms with van der Waals surface area (Å²) in [5.74, 6) is -4.51. The minimum absolute atomic E-state index is 0.292.